The summed E-state index contributed by atoms with van der Waals surface area (Å²) in [6, 6.07) is 0.698. The standard InChI is InChI=1S/C12H24N2/c1-9(2)7-8-14(11-5-6-11)12(13)10(3)4/h9-11,13H,5-8H2,1-4H3. The molecule has 0 atom stereocenters. The van der Waals surface area contributed by atoms with E-state index < -0.39 is 0 Å². The highest BCUT2D eigenvalue weighted by atomic mass is 15.2. The molecule has 0 heterocycles. The summed E-state index contributed by atoms with van der Waals surface area (Å²) in [5, 5.41) is 8.04. The van der Waals surface area contributed by atoms with Crippen LogP contribution in [0, 0.1) is 17.2 Å². The third kappa shape index (κ3) is 3.32. The van der Waals surface area contributed by atoms with Gasteiger partial charge in [0.15, 0.2) is 0 Å². The van der Waals surface area contributed by atoms with Gasteiger partial charge in [0.1, 0.15) is 0 Å². The minimum atomic E-state index is 0.378. The molecule has 14 heavy (non-hydrogen) atoms. The van der Waals surface area contributed by atoms with E-state index in [4.69, 9.17) is 5.41 Å². The fourth-order valence-electron chi connectivity index (χ4n) is 1.61. The second kappa shape index (κ2) is 4.81. The first-order chi connectivity index (χ1) is 6.52. The maximum Gasteiger partial charge on any atom is 0.0986 e. The van der Waals surface area contributed by atoms with Crippen molar-refractivity contribution in [2.24, 2.45) is 11.8 Å². The van der Waals surface area contributed by atoms with Gasteiger partial charge < -0.3 is 4.90 Å². The topological polar surface area (TPSA) is 27.1 Å². The lowest BCUT2D eigenvalue weighted by Gasteiger charge is -2.28. The second-order valence-electron chi connectivity index (χ2n) is 5.15. The third-order valence-corrected chi connectivity index (χ3v) is 2.79. The zero-order valence-corrected chi connectivity index (χ0v) is 10.0. The van der Waals surface area contributed by atoms with Crippen molar-refractivity contribution in [1.82, 2.24) is 4.90 Å². The smallest absolute Gasteiger partial charge is 0.0986 e. The van der Waals surface area contributed by atoms with Gasteiger partial charge in [-0.05, 0) is 25.2 Å². The van der Waals surface area contributed by atoms with Gasteiger partial charge in [0.2, 0.25) is 0 Å². The summed E-state index contributed by atoms with van der Waals surface area (Å²) in [6.45, 7) is 9.83. The van der Waals surface area contributed by atoms with E-state index >= 15 is 0 Å². The molecule has 0 radical (unpaired) electrons. The number of nitrogens with zero attached hydrogens (tertiary/aromatic N) is 1. The molecule has 0 aliphatic heterocycles. The van der Waals surface area contributed by atoms with Crippen molar-refractivity contribution in [3.63, 3.8) is 0 Å². The van der Waals surface area contributed by atoms with Crippen LogP contribution < -0.4 is 0 Å². The van der Waals surface area contributed by atoms with Crippen molar-refractivity contribution in [2.75, 3.05) is 6.54 Å². The lowest BCUT2D eigenvalue weighted by Crippen LogP contribution is -2.36. The molecule has 1 fully saturated rings. The van der Waals surface area contributed by atoms with Crippen LogP contribution in [0.3, 0.4) is 0 Å². The summed E-state index contributed by atoms with van der Waals surface area (Å²) in [5.74, 6) is 1.96. The van der Waals surface area contributed by atoms with Crippen LogP contribution in [-0.2, 0) is 0 Å². The van der Waals surface area contributed by atoms with E-state index in [-0.39, 0.29) is 0 Å². The fourth-order valence-corrected chi connectivity index (χ4v) is 1.61. The summed E-state index contributed by atoms with van der Waals surface area (Å²) in [7, 11) is 0. The predicted octanol–water partition coefficient (Wildman–Crippen LogP) is 3.13. The Hall–Kier alpha value is -0.530. The Morgan fingerprint density at radius 3 is 2.21 bits per heavy atom. The Morgan fingerprint density at radius 1 is 1.29 bits per heavy atom. The molecule has 0 unspecified atom stereocenters. The number of amidine groups is 1. The SMILES string of the molecule is CC(C)CCN(C(=N)C(C)C)C1CC1. The highest BCUT2D eigenvalue weighted by molar-refractivity contribution is 5.81. The van der Waals surface area contributed by atoms with Gasteiger partial charge in [-0.15, -0.1) is 0 Å². The average Bonchev–Trinajstić information content (AvgIpc) is 2.87. The monoisotopic (exact) mass is 196 g/mol. The molecule has 82 valence electrons. The van der Waals surface area contributed by atoms with E-state index in [1.54, 1.807) is 0 Å². The lowest BCUT2D eigenvalue weighted by atomic mass is 10.1. The average molecular weight is 196 g/mol. The van der Waals surface area contributed by atoms with Gasteiger partial charge in [-0.3, -0.25) is 5.41 Å². The van der Waals surface area contributed by atoms with Crippen LogP contribution in [0.15, 0.2) is 0 Å². The molecule has 0 aromatic heterocycles. The number of hydrogen-bond donors (Lipinski definition) is 1. The summed E-state index contributed by atoms with van der Waals surface area (Å²) >= 11 is 0. The van der Waals surface area contributed by atoms with Crippen LogP contribution in [0.1, 0.15) is 47.0 Å². The molecule has 0 aromatic rings. The Bertz CT molecular complexity index is 192. The molecule has 1 aliphatic rings. The highest BCUT2D eigenvalue weighted by Gasteiger charge is 2.31. The molecule has 1 aliphatic carbocycles. The molecule has 2 heteroatoms. The maximum absolute atomic E-state index is 8.04. The van der Waals surface area contributed by atoms with Crippen molar-refractivity contribution in [3.8, 4) is 0 Å². The van der Waals surface area contributed by atoms with Crippen molar-refractivity contribution >= 4 is 5.84 Å². The van der Waals surface area contributed by atoms with Crippen molar-refractivity contribution < 1.29 is 0 Å². The summed E-state index contributed by atoms with van der Waals surface area (Å²) < 4.78 is 0. The van der Waals surface area contributed by atoms with Gasteiger partial charge in [0, 0.05) is 18.5 Å². The van der Waals surface area contributed by atoms with E-state index in [2.05, 4.69) is 32.6 Å². The quantitative estimate of drug-likeness (QED) is 0.531. The summed E-state index contributed by atoms with van der Waals surface area (Å²) in [4.78, 5) is 2.32. The van der Waals surface area contributed by atoms with Crippen molar-refractivity contribution in [1.29, 1.82) is 5.41 Å². The molecule has 2 nitrogen and oxygen atoms in total. The molecular weight excluding hydrogens is 172 g/mol. The van der Waals surface area contributed by atoms with Gasteiger partial charge in [0.25, 0.3) is 0 Å². The Kier molecular flexibility index (Phi) is 3.97. The van der Waals surface area contributed by atoms with E-state index in [0.717, 1.165) is 18.3 Å². The molecule has 0 bridgehead atoms. The molecule has 1 rings (SSSR count). The highest BCUT2D eigenvalue weighted by Crippen LogP contribution is 2.28. The van der Waals surface area contributed by atoms with Crippen LogP contribution in [0.25, 0.3) is 0 Å². The molecule has 0 amide bonds. The van der Waals surface area contributed by atoms with Gasteiger partial charge in [-0.2, -0.15) is 0 Å². The van der Waals surface area contributed by atoms with Crippen LogP contribution in [0.5, 0.6) is 0 Å². The molecule has 1 N–H and O–H groups in total. The van der Waals surface area contributed by atoms with Gasteiger partial charge >= 0.3 is 0 Å². The molecule has 0 spiro atoms. The predicted molar refractivity (Wildman–Crippen MR) is 61.7 cm³/mol. The van der Waals surface area contributed by atoms with E-state index in [9.17, 15) is 0 Å². The summed E-state index contributed by atoms with van der Waals surface area (Å²) in [5.41, 5.74) is 0. The maximum atomic E-state index is 8.04. The van der Waals surface area contributed by atoms with Crippen molar-refractivity contribution in [2.45, 2.75) is 53.0 Å². The normalized spacial score (nSPS) is 16.4. The zero-order chi connectivity index (χ0) is 10.7. The first kappa shape index (κ1) is 11.5. The zero-order valence-electron chi connectivity index (χ0n) is 10.0. The largest absolute Gasteiger partial charge is 0.357 e. The van der Waals surface area contributed by atoms with E-state index in [1.807, 2.05) is 0 Å². The molecule has 0 aromatic carbocycles. The van der Waals surface area contributed by atoms with Crippen LogP contribution >= 0.6 is 0 Å². The van der Waals surface area contributed by atoms with Crippen LogP contribution in [-0.4, -0.2) is 23.3 Å². The molecular formula is C12H24N2. The van der Waals surface area contributed by atoms with E-state index in [1.165, 1.54) is 19.3 Å². The first-order valence-corrected chi connectivity index (χ1v) is 5.87. The van der Waals surface area contributed by atoms with Gasteiger partial charge in [-0.25, -0.2) is 0 Å². The Labute approximate surface area is 88.2 Å². The Morgan fingerprint density at radius 2 is 1.86 bits per heavy atom. The van der Waals surface area contributed by atoms with Gasteiger partial charge in [-0.1, -0.05) is 27.7 Å². The first-order valence-electron chi connectivity index (χ1n) is 5.87. The second-order valence-corrected chi connectivity index (χ2v) is 5.15. The van der Waals surface area contributed by atoms with Gasteiger partial charge in [0.05, 0.1) is 5.84 Å². The fraction of sp³-hybridized carbons (Fsp3) is 0.917. The van der Waals surface area contributed by atoms with Crippen molar-refractivity contribution in [3.05, 3.63) is 0 Å². The molecule has 1 saturated carbocycles. The third-order valence-electron chi connectivity index (χ3n) is 2.79. The van der Waals surface area contributed by atoms with Crippen LogP contribution in [0.4, 0.5) is 0 Å². The summed E-state index contributed by atoms with van der Waals surface area (Å²) in [6.07, 6.45) is 3.81. The Balaban J connectivity index is 2.42. The molecule has 0 saturated heterocycles. The minimum absolute atomic E-state index is 0.378. The number of rotatable bonds is 5. The number of nitrogens with one attached hydrogen (secondary N) is 1. The number of hydrogen-bond acceptors (Lipinski definition) is 1. The minimum Gasteiger partial charge on any atom is -0.357 e. The lowest BCUT2D eigenvalue weighted by molar-refractivity contribution is 0.355. The van der Waals surface area contributed by atoms with E-state index in [0.29, 0.717) is 12.0 Å². The van der Waals surface area contributed by atoms with Crippen LogP contribution in [0.2, 0.25) is 0 Å².